The Morgan fingerprint density at radius 3 is 2.80 bits per heavy atom. The number of amides is 2. The number of carbonyl (C=O) groups excluding carboxylic acids is 1. The van der Waals surface area contributed by atoms with Crippen molar-refractivity contribution in [2.75, 3.05) is 13.1 Å². The van der Waals surface area contributed by atoms with E-state index in [9.17, 15) is 4.79 Å². The van der Waals surface area contributed by atoms with E-state index in [0.717, 1.165) is 19.4 Å². The lowest BCUT2D eigenvalue weighted by atomic mass is 9.67. The minimum absolute atomic E-state index is 0.00102. The van der Waals surface area contributed by atoms with Crippen LogP contribution in [0.3, 0.4) is 0 Å². The second kappa shape index (κ2) is 3.67. The predicted molar refractivity (Wildman–Crippen MR) is 59.5 cm³/mol. The number of fused-ring (bicyclic) bond motifs is 1. The summed E-state index contributed by atoms with van der Waals surface area (Å²) in [6, 6.07) is 0.268. The number of nitrogens with one attached hydrogen (secondary N) is 1. The maximum atomic E-state index is 12.0. The SMILES string of the molecule is CC(C)NC(=O)N1CCC2CCC21CN. The van der Waals surface area contributed by atoms with E-state index in [1.807, 2.05) is 18.7 Å². The van der Waals surface area contributed by atoms with Crippen molar-refractivity contribution >= 4 is 6.03 Å². The van der Waals surface area contributed by atoms with Gasteiger partial charge < -0.3 is 16.0 Å². The van der Waals surface area contributed by atoms with E-state index >= 15 is 0 Å². The maximum absolute atomic E-state index is 12.0. The lowest BCUT2D eigenvalue weighted by Gasteiger charge is -2.49. The topological polar surface area (TPSA) is 58.4 Å². The fourth-order valence-corrected chi connectivity index (χ4v) is 2.97. The number of nitrogens with two attached hydrogens (primary N) is 1. The van der Waals surface area contributed by atoms with Crippen molar-refractivity contribution in [3.63, 3.8) is 0 Å². The first-order valence-electron chi connectivity index (χ1n) is 5.88. The molecule has 4 heteroatoms. The Hall–Kier alpha value is -0.770. The molecule has 0 bridgehead atoms. The highest BCUT2D eigenvalue weighted by Crippen LogP contribution is 2.49. The molecule has 2 atom stereocenters. The number of rotatable bonds is 2. The molecule has 86 valence electrons. The van der Waals surface area contributed by atoms with Crippen LogP contribution in [0, 0.1) is 5.92 Å². The molecule has 2 aliphatic rings. The molecule has 2 fully saturated rings. The molecule has 1 aliphatic heterocycles. The summed E-state index contributed by atoms with van der Waals surface area (Å²) >= 11 is 0. The molecule has 1 aliphatic carbocycles. The molecular formula is C11H21N3O. The largest absolute Gasteiger partial charge is 0.336 e. The highest BCUT2D eigenvalue weighted by atomic mass is 16.2. The van der Waals surface area contributed by atoms with Crippen LogP contribution in [0.5, 0.6) is 0 Å². The van der Waals surface area contributed by atoms with Crippen LogP contribution in [-0.2, 0) is 0 Å². The van der Waals surface area contributed by atoms with Gasteiger partial charge >= 0.3 is 6.03 Å². The summed E-state index contributed by atoms with van der Waals surface area (Å²) in [5.74, 6) is 0.653. The molecule has 2 unspecified atom stereocenters. The van der Waals surface area contributed by atoms with E-state index in [2.05, 4.69) is 5.32 Å². The van der Waals surface area contributed by atoms with Gasteiger partial charge in [0.15, 0.2) is 0 Å². The maximum Gasteiger partial charge on any atom is 0.318 e. The summed E-state index contributed by atoms with van der Waals surface area (Å²) in [6.45, 7) is 5.46. The second-order valence-electron chi connectivity index (χ2n) is 5.09. The molecule has 3 N–H and O–H groups in total. The van der Waals surface area contributed by atoms with Crippen LogP contribution in [0.4, 0.5) is 4.79 Å². The molecule has 1 saturated carbocycles. The van der Waals surface area contributed by atoms with E-state index in [1.165, 1.54) is 6.42 Å². The summed E-state index contributed by atoms with van der Waals surface area (Å²) in [4.78, 5) is 13.9. The minimum atomic E-state index is -0.00102. The van der Waals surface area contributed by atoms with E-state index in [1.54, 1.807) is 0 Å². The third kappa shape index (κ3) is 1.51. The molecule has 2 amide bonds. The van der Waals surface area contributed by atoms with Crippen LogP contribution < -0.4 is 11.1 Å². The van der Waals surface area contributed by atoms with E-state index < -0.39 is 0 Å². The standard InChI is InChI=1S/C11H21N3O/c1-8(2)13-10(15)14-6-4-9-3-5-11(9,14)7-12/h8-9H,3-7,12H2,1-2H3,(H,13,15). The van der Waals surface area contributed by atoms with Crippen molar-refractivity contribution in [2.45, 2.75) is 44.7 Å². The number of hydrogen-bond donors (Lipinski definition) is 2. The number of likely N-dealkylation sites (tertiary alicyclic amines) is 1. The molecule has 1 saturated heterocycles. The number of hydrogen-bond acceptors (Lipinski definition) is 2. The molecule has 1 heterocycles. The smallest absolute Gasteiger partial charge is 0.318 e. The fourth-order valence-electron chi connectivity index (χ4n) is 2.97. The first-order chi connectivity index (χ1) is 7.10. The summed E-state index contributed by atoms with van der Waals surface area (Å²) in [5.41, 5.74) is 5.85. The van der Waals surface area contributed by atoms with Crippen molar-refractivity contribution in [1.82, 2.24) is 10.2 Å². The van der Waals surface area contributed by atoms with Crippen molar-refractivity contribution in [3.05, 3.63) is 0 Å². The Bertz CT molecular complexity index is 263. The molecule has 4 nitrogen and oxygen atoms in total. The van der Waals surface area contributed by atoms with Gasteiger partial charge in [-0.25, -0.2) is 4.79 Å². The lowest BCUT2D eigenvalue weighted by molar-refractivity contribution is 0.0502. The average Bonchev–Trinajstić information content (AvgIpc) is 2.37. The van der Waals surface area contributed by atoms with Gasteiger partial charge in [0, 0.05) is 19.1 Å². The van der Waals surface area contributed by atoms with Gasteiger partial charge in [-0.15, -0.1) is 0 Å². The van der Waals surface area contributed by atoms with Gasteiger partial charge in [0.25, 0.3) is 0 Å². The van der Waals surface area contributed by atoms with Gasteiger partial charge in [0.1, 0.15) is 0 Å². The zero-order valence-electron chi connectivity index (χ0n) is 9.62. The van der Waals surface area contributed by atoms with Gasteiger partial charge in [0.2, 0.25) is 0 Å². The van der Waals surface area contributed by atoms with Crippen molar-refractivity contribution in [1.29, 1.82) is 0 Å². The fraction of sp³-hybridized carbons (Fsp3) is 0.909. The van der Waals surface area contributed by atoms with Gasteiger partial charge in [0.05, 0.1) is 5.54 Å². The molecule has 0 radical (unpaired) electrons. The van der Waals surface area contributed by atoms with E-state index in [-0.39, 0.29) is 17.6 Å². The third-order valence-electron chi connectivity index (χ3n) is 3.94. The first kappa shape index (κ1) is 10.7. The Morgan fingerprint density at radius 2 is 2.33 bits per heavy atom. The normalized spacial score (nSPS) is 33.9. The van der Waals surface area contributed by atoms with Crippen LogP contribution >= 0.6 is 0 Å². The van der Waals surface area contributed by atoms with E-state index in [0.29, 0.717) is 12.5 Å². The van der Waals surface area contributed by atoms with Crippen LogP contribution in [0.2, 0.25) is 0 Å². The second-order valence-corrected chi connectivity index (χ2v) is 5.09. The molecular weight excluding hydrogens is 190 g/mol. The summed E-state index contributed by atoms with van der Waals surface area (Å²) < 4.78 is 0. The van der Waals surface area contributed by atoms with Crippen LogP contribution in [0.15, 0.2) is 0 Å². The van der Waals surface area contributed by atoms with Crippen molar-refractivity contribution in [2.24, 2.45) is 11.7 Å². The molecule has 0 aromatic heterocycles. The Balaban J connectivity index is 2.06. The highest BCUT2D eigenvalue weighted by Gasteiger charge is 2.55. The zero-order valence-corrected chi connectivity index (χ0v) is 9.62. The Kier molecular flexibility index (Phi) is 2.63. The monoisotopic (exact) mass is 211 g/mol. The third-order valence-corrected chi connectivity index (χ3v) is 3.94. The van der Waals surface area contributed by atoms with Crippen LogP contribution in [0.1, 0.15) is 33.1 Å². The Morgan fingerprint density at radius 1 is 1.60 bits per heavy atom. The minimum Gasteiger partial charge on any atom is -0.336 e. The summed E-state index contributed by atoms with van der Waals surface area (Å²) in [6.07, 6.45) is 3.45. The summed E-state index contributed by atoms with van der Waals surface area (Å²) in [7, 11) is 0. The number of urea groups is 1. The van der Waals surface area contributed by atoms with Crippen molar-refractivity contribution < 1.29 is 4.79 Å². The quantitative estimate of drug-likeness (QED) is 0.713. The van der Waals surface area contributed by atoms with Crippen LogP contribution in [0.25, 0.3) is 0 Å². The lowest BCUT2D eigenvalue weighted by Crippen LogP contribution is -2.62. The molecule has 0 aromatic rings. The van der Waals surface area contributed by atoms with Crippen LogP contribution in [-0.4, -0.2) is 35.6 Å². The van der Waals surface area contributed by atoms with E-state index in [4.69, 9.17) is 5.73 Å². The first-order valence-corrected chi connectivity index (χ1v) is 5.88. The molecule has 0 spiro atoms. The van der Waals surface area contributed by atoms with Gasteiger partial charge in [-0.2, -0.15) is 0 Å². The van der Waals surface area contributed by atoms with Crippen molar-refractivity contribution in [3.8, 4) is 0 Å². The number of carbonyl (C=O) groups is 1. The summed E-state index contributed by atoms with van der Waals surface area (Å²) in [5, 5.41) is 2.96. The van der Waals surface area contributed by atoms with Gasteiger partial charge in [-0.3, -0.25) is 0 Å². The predicted octanol–water partition coefficient (Wildman–Crippen LogP) is 0.918. The molecule has 15 heavy (non-hydrogen) atoms. The molecule has 0 aromatic carbocycles. The van der Waals surface area contributed by atoms with Gasteiger partial charge in [-0.05, 0) is 39.0 Å². The average molecular weight is 211 g/mol. The highest BCUT2D eigenvalue weighted by molar-refractivity contribution is 5.76. The number of nitrogens with zero attached hydrogens (tertiary/aromatic N) is 1. The molecule has 2 rings (SSSR count). The Labute approximate surface area is 91.2 Å². The van der Waals surface area contributed by atoms with Gasteiger partial charge in [-0.1, -0.05) is 0 Å². The zero-order chi connectivity index (χ0) is 11.1.